The second kappa shape index (κ2) is 8.68. The Kier molecular flexibility index (Phi) is 6.38. The van der Waals surface area contributed by atoms with Crippen LogP contribution < -0.4 is 0 Å². The molecule has 202 valence electrons. The van der Waals surface area contributed by atoms with E-state index in [4.69, 9.17) is 4.74 Å². The molecule has 36 heavy (non-hydrogen) atoms. The molecule has 0 aromatic heterocycles. The van der Waals surface area contributed by atoms with Crippen molar-refractivity contribution in [3.05, 3.63) is 11.6 Å². The number of ether oxygens (including phenoxy) is 1. The summed E-state index contributed by atoms with van der Waals surface area (Å²) < 4.78 is 5.67. The molecular formula is C32H50O4. The number of fused-ring (bicyclic) bond motifs is 5. The van der Waals surface area contributed by atoms with Gasteiger partial charge < -0.3 is 9.84 Å². The first kappa shape index (κ1) is 26.4. The van der Waals surface area contributed by atoms with Crippen molar-refractivity contribution in [2.75, 3.05) is 0 Å². The fourth-order valence-electron chi connectivity index (χ4n) is 11.2. The van der Waals surface area contributed by atoms with E-state index in [9.17, 15) is 14.7 Å². The average Bonchev–Trinajstić information content (AvgIpc) is 3.34. The number of carbonyl (C=O) groups excluding carboxylic acids is 2. The van der Waals surface area contributed by atoms with Crippen LogP contribution in [-0.2, 0) is 14.3 Å². The largest absolute Gasteiger partial charge is 0.456 e. The van der Waals surface area contributed by atoms with Gasteiger partial charge in [-0.25, -0.2) is 4.79 Å². The highest BCUT2D eigenvalue weighted by atomic mass is 16.6. The van der Waals surface area contributed by atoms with E-state index in [1.165, 1.54) is 25.7 Å². The quantitative estimate of drug-likeness (QED) is 0.339. The van der Waals surface area contributed by atoms with Crippen LogP contribution in [0, 0.1) is 51.8 Å². The molecule has 1 aliphatic heterocycles. The molecule has 0 aromatic rings. The summed E-state index contributed by atoms with van der Waals surface area (Å²) in [7, 11) is 0. The summed E-state index contributed by atoms with van der Waals surface area (Å²) in [6.07, 6.45) is 11.7. The Hall–Kier alpha value is -1.16. The molecule has 4 saturated carbocycles. The predicted octanol–water partition coefficient (Wildman–Crippen LogP) is 6.89. The van der Waals surface area contributed by atoms with Crippen molar-refractivity contribution in [1.29, 1.82) is 0 Å². The van der Waals surface area contributed by atoms with Crippen molar-refractivity contribution in [2.24, 2.45) is 51.8 Å². The van der Waals surface area contributed by atoms with Crippen molar-refractivity contribution in [2.45, 2.75) is 124 Å². The topological polar surface area (TPSA) is 63.6 Å². The van der Waals surface area contributed by atoms with Gasteiger partial charge in [0.15, 0.2) is 5.60 Å². The van der Waals surface area contributed by atoms with Crippen molar-refractivity contribution >= 4 is 11.8 Å². The summed E-state index contributed by atoms with van der Waals surface area (Å²) in [4.78, 5) is 25.9. The maximum Gasteiger partial charge on any atom is 0.339 e. The average molecular weight is 499 g/mol. The van der Waals surface area contributed by atoms with Gasteiger partial charge in [0, 0.05) is 24.7 Å². The van der Waals surface area contributed by atoms with Crippen LogP contribution in [0.25, 0.3) is 0 Å². The van der Waals surface area contributed by atoms with E-state index in [1.54, 1.807) is 0 Å². The molecule has 4 heteroatoms. The van der Waals surface area contributed by atoms with Gasteiger partial charge in [-0.3, -0.25) is 4.79 Å². The third-order valence-electron chi connectivity index (χ3n) is 12.6. The molecule has 1 N–H and O–H groups in total. The van der Waals surface area contributed by atoms with Gasteiger partial charge in [-0.1, -0.05) is 40.2 Å². The number of hydrogen-bond donors (Lipinski definition) is 1. The van der Waals surface area contributed by atoms with Crippen LogP contribution in [0.15, 0.2) is 11.6 Å². The van der Waals surface area contributed by atoms with Gasteiger partial charge in [0.2, 0.25) is 0 Å². The smallest absolute Gasteiger partial charge is 0.339 e. The normalized spacial score (nSPS) is 49.4. The highest BCUT2D eigenvalue weighted by Crippen LogP contribution is 2.72. The first-order chi connectivity index (χ1) is 16.8. The van der Waals surface area contributed by atoms with Gasteiger partial charge in [0.1, 0.15) is 11.9 Å². The highest BCUT2D eigenvalue weighted by Gasteiger charge is 2.67. The molecular weight excluding hydrogens is 448 g/mol. The first-order valence-corrected chi connectivity index (χ1v) is 14.9. The van der Waals surface area contributed by atoms with E-state index in [-0.39, 0.29) is 40.2 Å². The monoisotopic (exact) mass is 498 g/mol. The summed E-state index contributed by atoms with van der Waals surface area (Å²) in [6.45, 7) is 15.9. The van der Waals surface area contributed by atoms with Crippen molar-refractivity contribution in [1.82, 2.24) is 0 Å². The van der Waals surface area contributed by atoms with E-state index < -0.39 is 5.60 Å². The maximum atomic E-state index is 13.0. The highest BCUT2D eigenvalue weighted by molar-refractivity contribution is 5.82. The second-order valence-electron chi connectivity index (χ2n) is 14.7. The molecule has 0 bridgehead atoms. The Balaban J connectivity index is 1.40. The molecule has 5 fully saturated rings. The van der Waals surface area contributed by atoms with Gasteiger partial charge in [0.05, 0.1) is 0 Å². The zero-order valence-electron chi connectivity index (χ0n) is 23.9. The van der Waals surface area contributed by atoms with Gasteiger partial charge in [0.25, 0.3) is 0 Å². The minimum atomic E-state index is -1.33. The lowest BCUT2D eigenvalue weighted by Crippen LogP contribution is -2.61. The summed E-state index contributed by atoms with van der Waals surface area (Å²) in [5.41, 5.74) is 0.360. The Morgan fingerprint density at radius 3 is 2.28 bits per heavy atom. The number of carbonyl (C=O) groups is 2. The second-order valence-corrected chi connectivity index (χ2v) is 14.7. The molecule has 10 atom stereocenters. The lowest BCUT2D eigenvalue weighted by molar-refractivity contribution is -0.192. The molecule has 1 heterocycles. The fourth-order valence-corrected chi connectivity index (χ4v) is 11.2. The number of rotatable bonds is 4. The number of cyclic esters (lactones) is 1. The molecule has 0 amide bonds. The number of aliphatic hydroxyl groups is 1. The summed E-state index contributed by atoms with van der Waals surface area (Å²) >= 11 is 0. The Morgan fingerprint density at radius 2 is 1.61 bits per heavy atom. The third-order valence-corrected chi connectivity index (χ3v) is 12.6. The van der Waals surface area contributed by atoms with Crippen LogP contribution in [0.3, 0.4) is 0 Å². The molecule has 0 unspecified atom stereocenters. The molecule has 1 saturated heterocycles. The number of ketones is 1. The van der Waals surface area contributed by atoms with Gasteiger partial charge in [-0.15, -0.1) is 0 Å². The van der Waals surface area contributed by atoms with Crippen LogP contribution in [-0.4, -0.2) is 28.6 Å². The number of hydrogen-bond acceptors (Lipinski definition) is 4. The van der Waals surface area contributed by atoms with E-state index in [0.29, 0.717) is 42.3 Å². The molecule has 0 spiro atoms. The minimum Gasteiger partial charge on any atom is -0.456 e. The van der Waals surface area contributed by atoms with Crippen LogP contribution >= 0.6 is 0 Å². The molecule has 4 aliphatic carbocycles. The van der Waals surface area contributed by atoms with Crippen LogP contribution in [0.2, 0.25) is 0 Å². The van der Waals surface area contributed by atoms with E-state index in [0.717, 1.165) is 31.3 Å². The Labute approximate surface area is 219 Å². The lowest BCUT2D eigenvalue weighted by Gasteiger charge is -2.67. The van der Waals surface area contributed by atoms with Crippen LogP contribution in [0.4, 0.5) is 0 Å². The maximum absolute atomic E-state index is 13.0. The molecule has 0 aromatic carbocycles. The first-order valence-electron chi connectivity index (χ1n) is 14.9. The van der Waals surface area contributed by atoms with Crippen LogP contribution in [0.5, 0.6) is 0 Å². The Bertz CT molecular complexity index is 946. The van der Waals surface area contributed by atoms with E-state index in [1.807, 2.05) is 26.8 Å². The minimum absolute atomic E-state index is 0.0169. The zero-order valence-corrected chi connectivity index (χ0v) is 23.9. The predicted molar refractivity (Wildman–Crippen MR) is 142 cm³/mol. The fraction of sp³-hybridized carbons (Fsp3) is 0.875. The van der Waals surface area contributed by atoms with Gasteiger partial charge in [-0.05, 0) is 111 Å². The SMILES string of the molecule is CCC(=O)[C@H]1CC[C@]2(C)[C@H]3CC[C@H]4[C@@H](CC[C@@H]4[C@@]4(O)C[C@@H](C=C(C)C)OC4=O)[C@]3(C)CC[C@H]2C1(C)C. The number of allylic oxidation sites excluding steroid dienone is 1. The summed E-state index contributed by atoms with van der Waals surface area (Å²) in [5, 5.41) is 11.7. The standard InChI is InChI=1S/C32H50O4/c1-8-25(33)24-13-15-31(7)26(29(24,4)5)14-16-30(6)22-10-11-23(21(22)9-12-27(30)31)32(35)18-20(17-19(2)3)36-28(32)34/h17,20-24,26-27,35H,8-16,18H2,1-7H3/t20-,21+,22-,23+,24-,26+,27+,30+,31+,32+/m1/s1. The molecule has 5 aliphatic rings. The molecule has 4 nitrogen and oxygen atoms in total. The summed E-state index contributed by atoms with van der Waals surface area (Å²) in [6, 6.07) is 0. The number of esters is 1. The van der Waals surface area contributed by atoms with E-state index in [2.05, 4.69) is 27.7 Å². The van der Waals surface area contributed by atoms with Gasteiger partial charge in [-0.2, -0.15) is 0 Å². The lowest BCUT2D eigenvalue weighted by atomic mass is 9.37. The van der Waals surface area contributed by atoms with Crippen molar-refractivity contribution in [3.8, 4) is 0 Å². The molecule has 5 rings (SSSR count). The van der Waals surface area contributed by atoms with Crippen molar-refractivity contribution in [3.63, 3.8) is 0 Å². The third kappa shape index (κ3) is 3.62. The number of Topliss-reactive ketones (excluding diaryl/α,β-unsaturated/α-hetero) is 1. The van der Waals surface area contributed by atoms with Crippen molar-refractivity contribution < 1.29 is 19.4 Å². The Morgan fingerprint density at radius 1 is 0.944 bits per heavy atom. The van der Waals surface area contributed by atoms with Crippen LogP contribution in [0.1, 0.15) is 113 Å². The zero-order chi connectivity index (χ0) is 26.3. The molecule has 0 radical (unpaired) electrons. The van der Waals surface area contributed by atoms with Gasteiger partial charge >= 0.3 is 5.97 Å². The summed E-state index contributed by atoms with van der Waals surface area (Å²) in [5.74, 6) is 2.50. The van der Waals surface area contributed by atoms with E-state index >= 15 is 0 Å².